The fourth-order valence-corrected chi connectivity index (χ4v) is 2.49. The van der Waals surface area contributed by atoms with Crippen LogP contribution in [0.15, 0.2) is 46.9 Å². The second kappa shape index (κ2) is 8.43. The first-order valence-corrected chi connectivity index (χ1v) is 8.46. The lowest BCUT2D eigenvalue weighted by Gasteiger charge is -2.12. The molecule has 0 unspecified atom stereocenters. The second-order valence-electron chi connectivity index (χ2n) is 5.79. The molecule has 1 aromatic heterocycles. The molecule has 2 aromatic carbocycles. The summed E-state index contributed by atoms with van der Waals surface area (Å²) >= 11 is 0. The fourth-order valence-electron chi connectivity index (χ4n) is 2.49. The van der Waals surface area contributed by atoms with Crippen molar-refractivity contribution in [1.29, 1.82) is 0 Å². The molecule has 0 spiro atoms. The molecule has 1 heterocycles. The van der Waals surface area contributed by atoms with Crippen molar-refractivity contribution in [2.75, 3.05) is 21.3 Å². The van der Waals surface area contributed by atoms with E-state index < -0.39 is 12.1 Å². The zero-order valence-corrected chi connectivity index (χ0v) is 16.0. The van der Waals surface area contributed by atoms with Gasteiger partial charge in [-0.2, -0.15) is 0 Å². The minimum absolute atomic E-state index is 0.187. The number of esters is 1. The van der Waals surface area contributed by atoms with Crippen molar-refractivity contribution in [3.8, 4) is 28.7 Å². The summed E-state index contributed by atoms with van der Waals surface area (Å²) in [5, 5.41) is 7.98. The van der Waals surface area contributed by atoms with Crippen LogP contribution in [-0.2, 0) is 4.74 Å². The number of carbonyl (C=O) groups is 1. The van der Waals surface area contributed by atoms with E-state index in [0.29, 0.717) is 17.4 Å². The van der Waals surface area contributed by atoms with Crippen molar-refractivity contribution in [1.82, 2.24) is 10.2 Å². The number of hydrogen-bond acceptors (Lipinski definition) is 8. The topological polar surface area (TPSA) is 92.9 Å². The third-order valence-electron chi connectivity index (χ3n) is 4.04. The van der Waals surface area contributed by atoms with Crippen LogP contribution >= 0.6 is 0 Å². The van der Waals surface area contributed by atoms with Gasteiger partial charge in [-0.1, -0.05) is 0 Å². The molecule has 1 atom stereocenters. The molecule has 0 fully saturated rings. The average molecular weight is 384 g/mol. The molecule has 0 N–H and O–H groups in total. The van der Waals surface area contributed by atoms with E-state index >= 15 is 0 Å². The summed E-state index contributed by atoms with van der Waals surface area (Å²) in [6.07, 6.45) is -0.737. The predicted octanol–water partition coefficient (Wildman–Crippen LogP) is 3.68. The van der Waals surface area contributed by atoms with E-state index in [1.165, 1.54) is 14.2 Å². The van der Waals surface area contributed by atoms with Crippen LogP contribution in [-0.4, -0.2) is 37.5 Å². The molecule has 0 aliphatic rings. The summed E-state index contributed by atoms with van der Waals surface area (Å²) in [5.41, 5.74) is 1.000. The number of hydrogen-bond donors (Lipinski definition) is 0. The second-order valence-corrected chi connectivity index (χ2v) is 5.79. The Morgan fingerprint density at radius 1 is 0.929 bits per heavy atom. The van der Waals surface area contributed by atoms with Gasteiger partial charge in [0.1, 0.15) is 22.8 Å². The van der Waals surface area contributed by atoms with E-state index in [2.05, 4.69) is 10.2 Å². The number of methoxy groups -OCH3 is 3. The van der Waals surface area contributed by atoms with Crippen molar-refractivity contribution < 1.29 is 28.2 Å². The number of rotatable bonds is 7. The lowest BCUT2D eigenvalue weighted by molar-refractivity contribution is 0.0276. The van der Waals surface area contributed by atoms with Gasteiger partial charge in [0.15, 0.2) is 6.10 Å². The van der Waals surface area contributed by atoms with Gasteiger partial charge in [-0.25, -0.2) is 4.79 Å². The molecule has 8 heteroatoms. The molecule has 0 aliphatic carbocycles. The monoisotopic (exact) mass is 384 g/mol. The number of benzene rings is 2. The van der Waals surface area contributed by atoms with E-state index in [4.69, 9.17) is 23.4 Å². The Hall–Kier alpha value is -3.55. The van der Waals surface area contributed by atoms with Crippen molar-refractivity contribution in [2.45, 2.75) is 13.0 Å². The van der Waals surface area contributed by atoms with E-state index in [0.717, 1.165) is 11.3 Å². The Balaban J connectivity index is 1.73. The minimum atomic E-state index is -0.737. The highest BCUT2D eigenvalue weighted by atomic mass is 16.6. The zero-order valence-electron chi connectivity index (χ0n) is 16.0. The van der Waals surface area contributed by atoms with Crippen LogP contribution in [0.4, 0.5) is 0 Å². The quantitative estimate of drug-likeness (QED) is 0.570. The normalized spacial score (nSPS) is 11.6. The van der Waals surface area contributed by atoms with Gasteiger partial charge in [-0.15, -0.1) is 10.2 Å². The van der Waals surface area contributed by atoms with Crippen LogP contribution in [0, 0.1) is 0 Å². The summed E-state index contributed by atoms with van der Waals surface area (Å²) in [6.45, 7) is 1.65. The summed E-state index contributed by atoms with van der Waals surface area (Å²) in [5.74, 6) is 1.58. The molecule has 0 bridgehead atoms. The summed E-state index contributed by atoms with van der Waals surface area (Å²) in [7, 11) is 4.59. The number of nitrogens with zero attached hydrogens (tertiary/aromatic N) is 2. The Kier molecular flexibility index (Phi) is 5.78. The molecule has 0 radical (unpaired) electrons. The maximum absolute atomic E-state index is 12.5. The van der Waals surface area contributed by atoms with Crippen LogP contribution in [0.2, 0.25) is 0 Å². The van der Waals surface area contributed by atoms with Crippen LogP contribution in [0.1, 0.15) is 29.3 Å². The van der Waals surface area contributed by atoms with Gasteiger partial charge < -0.3 is 23.4 Å². The molecule has 0 aliphatic heterocycles. The highest BCUT2D eigenvalue weighted by molar-refractivity contribution is 5.92. The van der Waals surface area contributed by atoms with Crippen LogP contribution in [0.3, 0.4) is 0 Å². The van der Waals surface area contributed by atoms with Crippen LogP contribution in [0.25, 0.3) is 11.5 Å². The molecule has 0 saturated heterocycles. The zero-order chi connectivity index (χ0) is 20.1. The Bertz CT molecular complexity index is 952. The first-order chi connectivity index (χ1) is 13.5. The molecule has 8 nitrogen and oxygen atoms in total. The Morgan fingerprint density at radius 3 is 2.25 bits per heavy atom. The smallest absolute Gasteiger partial charge is 0.342 e. The lowest BCUT2D eigenvalue weighted by atomic mass is 10.2. The van der Waals surface area contributed by atoms with Gasteiger partial charge >= 0.3 is 5.97 Å². The standard InChI is InChI=1S/C20H20N2O6/c1-12(27-20(23)16-10-9-15(25-3)11-17(16)26-4)18-21-22-19(28-18)13-5-7-14(24-2)8-6-13/h5-12H,1-4H3/t12-/m1/s1. The highest BCUT2D eigenvalue weighted by Gasteiger charge is 2.22. The van der Waals surface area contributed by atoms with Gasteiger partial charge in [-0.05, 0) is 43.3 Å². The van der Waals surface area contributed by atoms with E-state index in [1.54, 1.807) is 56.5 Å². The highest BCUT2D eigenvalue weighted by Crippen LogP contribution is 2.28. The van der Waals surface area contributed by atoms with Crippen LogP contribution < -0.4 is 14.2 Å². The average Bonchev–Trinajstić information content (AvgIpc) is 3.23. The van der Waals surface area contributed by atoms with Gasteiger partial charge in [0.2, 0.25) is 5.89 Å². The minimum Gasteiger partial charge on any atom is -0.497 e. The van der Waals surface area contributed by atoms with Crippen molar-refractivity contribution in [3.05, 3.63) is 53.9 Å². The molecule has 3 aromatic rings. The molecule has 28 heavy (non-hydrogen) atoms. The first kappa shape index (κ1) is 19.2. The predicted molar refractivity (Wildman–Crippen MR) is 99.7 cm³/mol. The van der Waals surface area contributed by atoms with Gasteiger partial charge in [0.25, 0.3) is 5.89 Å². The molecule has 0 amide bonds. The maximum atomic E-state index is 12.5. The van der Waals surface area contributed by atoms with Crippen molar-refractivity contribution >= 4 is 5.97 Å². The third kappa shape index (κ3) is 4.06. The summed E-state index contributed by atoms with van der Waals surface area (Å²) < 4.78 is 26.6. The summed E-state index contributed by atoms with van der Waals surface area (Å²) in [6, 6.07) is 12.0. The molecule has 3 rings (SSSR count). The largest absolute Gasteiger partial charge is 0.497 e. The SMILES string of the molecule is COc1ccc(-c2nnc([C@@H](C)OC(=O)c3ccc(OC)cc3OC)o2)cc1. The molecule has 0 saturated carbocycles. The van der Waals surface area contributed by atoms with E-state index in [-0.39, 0.29) is 11.5 Å². The first-order valence-electron chi connectivity index (χ1n) is 8.46. The Labute approximate surface area is 162 Å². The lowest BCUT2D eigenvalue weighted by Crippen LogP contribution is -2.11. The van der Waals surface area contributed by atoms with Gasteiger partial charge in [0.05, 0.1) is 21.3 Å². The van der Waals surface area contributed by atoms with Gasteiger partial charge in [0, 0.05) is 11.6 Å². The number of aromatic nitrogens is 2. The number of carbonyl (C=O) groups excluding carboxylic acids is 1. The fraction of sp³-hybridized carbons (Fsp3) is 0.250. The van der Waals surface area contributed by atoms with Crippen molar-refractivity contribution in [3.63, 3.8) is 0 Å². The molecular formula is C20H20N2O6. The third-order valence-corrected chi connectivity index (χ3v) is 4.04. The van der Waals surface area contributed by atoms with Crippen molar-refractivity contribution in [2.24, 2.45) is 0 Å². The Morgan fingerprint density at radius 2 is 1.61 bits per heavy atom. The van der Waals surface area contributed by atoms with Crippen LogP contribution in [0.5, 0.6) is 17.2 Å². The van der Waals surface area contributed by atoms with E-state index in [9.17, 15) is 4.79 Å². The van der Waals surface area contributed by atoms with Gasteiger partial charge in [-0.3, -0.25) is 0 Å². The molecule has 146 valence electrons. The summed E-state index contributed by atoms with van der Waals surface area (Å²) in [4.78, 5) is 12.5. The van der Waals surface area contributed by atoms with E-state index in [1.807, 2.05) is 0 Å². The molecular weight excluding hydrogens is 364 g/mol. The maximum Gasteiger partial charge on any atom is 0.342 e. The number of ether oxygens (including phenoxy) is 4.